The van der Waals surface area contributed by atoms with Crippen molar-refractivity contribution in [1.29, 1.82) is 0 Å². The average molecular weight is 562 g/mol. The molecule has 2 aromatic rings. The van der Waals surface area contributed by atoms with Crippen molar-refractivity contribution in [3.63, 3.8) is 0 Å². The summed E-state index contributed by atoms with van der Waals surface area (Å²) in [5, 5.41) is 8.96. The van der Waals surface area contributed by atoms with Crippen LogP contribution in [0, 0.1) is 5.41 Å². The number of carbonyl (C=O) groups is 4. The van der Waals surface area contributed by atoms with Gasteiger partial charge in [0.05, 0.1) is 22.7 Å². The third-order valence-corrected chi connectivity index (χ3v) is 7.51. The third kappa shape index (κ3) is 7.71. The second-order valence-electron chi connectivity index (χ2n) is 9.57. The van der Waals surface area contributed by atoms with Crippen molar-refractivity contribution in [2.24, 2.45) is 5.41 Å². The van der Waals surface area contributed by atoms with Gasteiger partial charge in [0, 0.05) is 31.0 Å². The highest BCUT2D eigenvalue weighted by atomic mass is 35.5. The number of benzene rings is 2. The van der Waals surface area contributed by atoms with E-state index in [9.17, 15) is 19.2 Å². The average Bonchev–Trinajstić information content (AvgIpc) is 3.37. The van der Waals surface area contributed by atoms with E-state index < -0.39 is 23.3 Å². The van der Waals surface area contributed by atoms with Gasteiger partial charge in [-0.3, -0.25) is 14.4 Å². The highest BCUT2D eigenvalue weighted by Gasteiger charge is 2.42. The van der Waals surface area contributed by atoms with Crippen molar-refractivity contribution in [3.8, 4) is 0 Å². The van der Waals surface area contributed by atoms with Crippen LogP contribution in [0.4, 0.5) is 5.69 Å². The van der Waals surface area contributed by atoms with E-state index in [0.29, 0.717) is 25.1 Å². The van der Waals surface area contributed by atoms with Gasteiger partial charge < -0.3 is 20.7 Å². The summed E-state index contributed by atoms with van der Waals surface area (Å²) in [5.74, 6) is -1.23. The number of anilines is 1. The summed E-state index contributed by atoms with van der Waals surface area (Å²) in [7, 11) is 1.29. The molecule has 1 atom stereocenters. The molecule has 3 N–H and O–H groups in total. The van der Waals surface area contributed by atoms with Crippen LogP contribution in [0.1, 0.15) is 61.4 Å². The Morgan fingerprint density at radius 3 is 2.21 bits per heavy atom. The molecule has 1 aliphatic rings. The standard InChI is InChI=1S/C28H33Cl2N3O5/c1-18(34)31-16-6-15-28(13-3-4-14-28)27(37)33-23(26(36)38-2)17-19-9-11-20(12-10-19)32-25(35)24-21(29)7-5-8-22(24)30/h5,7-12,23H,3-4,6,13-17H2,1-2H3,(H,31,34)(H,32,35)(H,33,37). The second-order valence-corrected chi connectivity index (χ2v) is 10.4. The fourth-order valence-electron chi connectivity index (χ4n) is 4.85. The van der Waals surface area contributed by atoms with Crippen molar-refractivity contribution < 1.29 is 23.9 Å². The van der Waals surface area contributed by atoms with Crippen LogP contribution in [-0.4, -0.2) is 43.4 Å². The lowest BCUT2D eigenvalue weighted by Crippen LogP contribution is -2.49. The maximum Gasteiger partial charge on any atom is 0.328 e. The van der Waals surface area contributed by atoms with Crippen LogP contribution >= 0.6 is 23.2 Å². The summed E-state index contributed by atoms with van der Waals surface area (Å²) in [5.41, 5.74) is 0.933. The Hall–Kier alpha value is -3.10. The van der Waals surface area contributed by atoms with Gasteiger partial charge in [-0.2, -0.15) is 0 Å². The van der Waals surface area contributed by atoms with Crippen molar-refractivity contribution in [3.05, 3.63) is 63.6 Å². The van der Waals surface area contributed by atoms with Crippen LogP contribution in [0.3, 0.4) is 0 Å². The summed E-state index contributed by atoms with van der Waals surface area (Å²) in [6, 6.07) is 10.9. The molecule has 1 fully saturated rings. The largest absolute Gasteiger partial charge is 0.467 e. The lowest BCUT2D eigenvalue weighted by molar-refractivity contribution is -0.146. The monoisotopic (exact) mass is 561 g/mol. The van der Waals surface area contributed by atoms with Crippen LogP contribution in [0.5, 0.6) is 0 Å². The number of carbonyl (C=O) groups excluding carboxylic acids is 4. The van der Waals surface area contributed by atoms with Crippen LogP contribution in [0.25, 0.3) is 0 Å². The van der Waals surface area contributed by atoms with Crippen LogP contribution in [0.15, 0.2) is 42.5 Å². The van der Waals surface area contributed by atoms with E-state index >= 15 is 0 Å². The van der Waals surface area contributed by atoms with Crippen LogP contribution < -0.4 is 16.0 Å². The van der Waals surface area contributed by atoms with Crippen molar-refractivity contribution >= 4 is 52.6 Å². The number of halogens is 2. The summed E-state index contributed by atoms with van der Waals surface area (Å²) in [4.78, 5) is 49.8. The summed E-state index contributed by atoms with van der Waals surface area (Å²) < 4.78 is 4.97. The first-order valence-electron chi connectivity index (χ1n) is 12.6. The lowest BCUT2D eigenvalue weighted by atomic mass is 9.80. The van der Waals surface area contributed by atoms with E-state index in [1.165, 1.54) is 14.0 Å². The molecule has 0 aromatic heterocycles. The molecule has 0 spiro atoms. The molecule has 3 rings (SSSR count). The van der Waals surface area contributed by atoms with Crippen LogP contribution in [0.2, 0.25) is 10.0 Å². The van der Waals surface area contributed by atoms with E-state index in [-0.39, 0.29) is 33.8 Å². The highest BCUT2D eigenvalue weighted by molar-refractivity contribution is 6.40. The summed E-state index contributed by atoms with van der Waals surface area (Å²) in [6.07, 6.45) is 4.93. The Morgan fingerprint density at radius 2 is 1.63 bits per heavy atom. The maximum absolute atomic E-state index is 13.4. The molecule has 10 heteroatoms. The Balaban J connectivity index is 1.66. The van der Waals surface area contributed by atoms with E-state index in [2.05, 4.69) is 16.0 Å². The van der Waals surface area contributed by atoms with Crippen molar-refractivity contribution in [2.75, 3.05) is 19.0 Å². The quantitative estimate of drug-likeness (QED) is 0.266. The molecular weight excluding hydrogens is 529 g/mol. The Kier molecular flexibility index (Phi) is 10.6. The molecule has 1 unspecified atom stereocenters. The first-order valence-corrected chi connectivity index (χ1v) is 13.4. The van der Waals surface area contributed by atoms with Gasteiger partial charge in [-0.1, -0.05) is 54.2 Å². The molecule has 38 heavy (non-hydrogen) atoms. The number of esters is 1. The first-order chi connectivity index (χ1) is 18.1. The van der Waals surface area contributed by atoms with Gasteiger partial charge in [-0.15, -0.1) is 0 Å². The highest BCUT2D eigenvalue weighted by Crippen LogP contribution is 2.42. The summed E-state index contributed by atoms with van der Waals surface area (Å²) >= 11 is 12.2. The van der Waals surface area contributed by atoms with Crippen molar-refractivity contribution in [1.82, 2.24) is 10.6 Å². The lowest BCUT2D eigenvalue weighted by Gasteiger charge is -2.30. The number of nitrogens with one attached hydrogen (secondary N) is 3. The molecular formula is C28H33Cl2N3O5. The van der Waals surface area contributed by atoms with Gasteiger partial charge in [-0.05, 0) is 55.5 Å². The first kappa shape index (κ1) is 29.5. The Morgan fingerprint density at radius 1 is 1.00 bits per heavy atom. The molecule has 2 aromatic carbocycles. The van der Waals surface area contributed by atoms with E-state index in [4.69, 9.17) is 27.9 Å². The van der Waals surface area contributed by atoms with E-state index in [1.54, 1.807) is 42.5 Å². The Labute approximate surface area is 232 Å². The molecule has 204 valence electrons. The molecule has 1 saturated carbocycles. The SMILES string of the molecule is COC(=O)C(Cc1ccc(NC(=O)c2c(Cl)cccc2Cl)cc1)NC(=O)C1(CCCNC(C)=O)CCCC1. The molecule has 0 aliphatic heterocycles. The van der Waals surface area contributed by atoms with Gasteiger partial charge in [0.2, 0.25) is 11.8 Å². The second kappa shape index (κ2) is 13.6. The zero-order valence-electron chi connectivity index (χ0n) is 21.6. The molecule has 0 heterocycles. The molecule has 0 bridgehead atoms. The topological polar surface area (TPSA) is 114 Å². The number of hydrogen-bond acceptors (Lipinski definition) is 5. The third-order valence-electron chi connectivity index (χ3n) is 6.88. The number of amides is 3. The number of ether oxygens (including phenoxy) is 1. The predicted molar refractivity (Wildman–Crippen MR) is 147 cm³/mol. The minimum Gasteiger partial charge on any atom is -0.467 e. The number of methoxy groups -OCH3 is 1. The minimum atomic E-state index is -0.859. The van der Waals surface area contributed by atoms with Crippen LogP contribution in [-0.2, 0) is 25.5 Å². The summed E-state index contributed by atoms with van der Waals surface area (Å²) in [6.45, 7) is 1.98. The molecule has 0 saturated heterocycles. The molecule has 3 amide bonds. The van der Waals surface area contributed by atoms with E-state index in [1.807, 2.05) is 0 Å². The fraction of sp³-hybridized carbons (Fsp3) is 0.429. The normalized spacial score (nSPS) is 14.8. The number of rotatable bonds is 11. The Bertz CT molecular complexity index is 1140. The maximum atomic E-state index is 13.4. The van der Waals surface area contributed by atoms with Gasteiger partial charge in [0.25, 0.3) is 5.91 Å². The van der Waals surface area contributed by atoms with Crippen molar-refractivity contribution in [2.45, 2.75) is 57.9 Å². The number of hydrogen-bond donors (Lipinski definition) is 3. The zero-order chi connectivity index (χ0) is 27.7. The van der Waals surface area contributed by atoms with Gasteiger partial charge in [-0.25, -0.2) is 4.79 Å². The molecule has 1 aliphatic carbocycles. The minimum absolute atomic E-state index is 0.0982. The molecule has 8 nitrogen and oxygen atoms in total. The van der Waals surface area contributed by atoms with Gasteiger partial charge in [0.15, 0.2) is 0 Å². The van der Waals surface area contributed by atoms with Gasteiger partial charge in [0.1, 0.15) is 6.04 Å². The van der Waals surface area contributed by atoms with Gasteiger partial charge >= 0.3 is 5.97 Å². The fourth-order valence-corrected chi connectivity index (χ4v) is 5.42. The molecule has 0 radical (unpaired) electrons. The predicted octanol–water partition coefficient (Wildman–Crippen LogP) is 4.92. The van der Waals surface area contributed by atoms with E-state index in [0.717, 1.165) is 31.2 Å². The zero-order valence-corrected chi connectivity index (χ0v) is 23.1. The smallest absolute Gasteiger partial charge is 0.328 e.